The lowest BCUT2D eigenvalue weighted by Crippen LogP contribution is -2.38. The maximum atomic E-state index is 5.81. The molecule has 1 aromatic rings. The summed E-state index contributed by atoms with van der Waals surface area (Å²) in [5.74, 6) is 1.44. The number of hydrogen-bond donors (Lipinski definition) is 2. The van der Waals surface area contributed by atoms with E-state index >= 15 is 0 Å². The molecule has 0 aliphatic rings. The van der Waals surface area contributed by atoms with Crippen LogP contribution in [0.15, 0.2) is 27.7 Å². The molecular weight excluding hydrogens is 445 g/mol. The highest BCUT2D eigenvalue weighted by atomic mass is 127. The topological polar surface area (TPSA) is 59.6 Å². The molecule has 1 rings (SSSR count). The van der Waals surface area contributed by atoms with Crippen molar-refractivity contribution in [2.24, 2.45) is 10.7 Å². The fraction of sp³-hybridized carbons (Fsp3) is 0.533. The van der Waals surface area contributed by atoms with E-state index in [9.17, 15) is 0 Å². The van der Waals surface area contributed by atoms with Crippen molar-refractivity contribution in [1.82, 2.24) is 5.32 Å². The van der Waals surface area contributed by atoms with Crippen LogP contribution in [0, 0.1) is 0 Å². The molecule has 0 fully saturated rings. The van der Waals surface area contributed by atoms with Crippen LogP contribution in [-0.2, 0) is 6.42 Å². The molecule has 4 nitrogen and oxygen atoms in total. The van der Waals surface area contributed by atoms with E-state index in [0.29, 0.717) is 18.5 Å². The molecule has 0 saturated carbocycles. The molecule has 0 bridgehead atoms. The normalized spacial score (nSPS) is 12.5. The number of nitrogens with one attached hydrogen (secondary N) is 1. The van der Waals surface area contributed by atoms with Gasteiger partial charge in [-0.3, -0.25) is 4.99 Å². The molecule has 6 heteroatoms. The van der Waals surface area contributed by atoms with Gasteiger partial charge in [0.05, 0.1) is 7.11 Å². The zero-order chi connectivity index (χ0) is 15.0. The standard InChI is InChI=1S/C15H24BrN3O.HI/c1-4-11(2)19-15(17)18-9-5-6-12-7-8-13(16)10-14(12)20-3;/h7-8,10-11H,4-6,9H2,1-3H3,(H3,17,18,19);1H. The second kappa shape index (κ2) is 11.1. The van der Waals surface area contributed by atoms with E-state index in [2.05, 4.69) is 46.2 Å². The highest BCUT2D eigenvalue weighted by molar-refractivity contribution is 14.0. The second-order valence-electron chi connectivity index (χ2n) is 4.78. The summed E-state index contributed by atoms with van der Waals surface area (Å²) in [6.45, 7) is 4.92. The van der Waals surface area contributed by atoms with Crippen LogP contribution in [0.3, 0.4) is 0 Å². The molecule has 0 aliphatic carbocycles. The van der Waals surface area contributed by atoms with Crippen molar-refractivity contribution in [3.8, 4) is 5.75 Å². The van der Waals surface area contributed by atoms with Gasteiger partial charge in [0.1, 0.15) is 5.75 Å². The Hall–Kier alpha value is -0.500. The SMILES string of the molecule is CCC(C)NC(N)=NCCCc1ccc(Br)cc1OC.I. The van der Waals surface area contributed by atoms with Gasteiger partial charge in [-0.15, -0.1) is 24.0 Å². The highest BCUT2D eigenvalue weighted by Gasteiger charge is 2.03. The van der Waals surface area contributed by atoms with Gasteiger partial charge >= 0.3 is 0 Å². The fourth-order valence-electron chi connectivity index (χ4n) is 1.79. The van der Waals surface area contributed by atoms with Crippen molar-refractivity contribution in [1.29, 1.82) is 0 Å². The van der Waals surface area contributed by atoms with Crippen LogP contribution in [0.5, 0.6) is 5.75 Å². The molecule has 0 spiro atoms. The summed E-state index contributed by atoms with van der Waals surface area (Å²) in [6.07, 6.45) is 2.91. The first-order valence-corrected chi connectivity index (χ1v) is 7.75. The number of benzene rings is 1. The minimum Gasteiger partial charge on any atom is -0.496 e. The van der Waals surface area contributed by atoms with Crippen LogP contribution in [0.2, 0.25) is 0 Å². The number of methoxy groups -OCH3 is 1. The number of guanidine groups is 1. The Balaban J connectivity index is 0.00000400. The number of hydrogen-bond acceptors (Lipinski definition) is 2. The Kier molecular flexibility index (Phi) is 10.9. The van der Waals surface area contributed by atoms with Gasteiger partial charge < -0.3 is 15.8 Å². The van der Waals surface area contributed by atoms with Crippen LogP contribution in [0.25, 0.3) is 0 Å². The number of rotatable bonds is 7. The van der Waals surface area contributed by atoms with E-state index in [0.717, 1.165) is 29.5 Å². The number of halogens is 2. The van der Waals surface area contributed by atoms with Gasteiger partial charge in [-0.05, 0) is 43.9 Å². The highest BCUT2D eigenvalue weighted by Crippen LogP contribution is 2.24. The number of aliphatic imine (C=N–C) groups is 1. The average Bonchev–Trinajstić information content (AvgIpc) is 2.44. The lowest BCUT2D eigenvalue weighted by Gasteiger charge is -2.12. The van der Waals surface area contributed by atoms with Gasteiger partial charge in [0.25, 0.3) is 0 Å². The molecule has 21 heavy (non-hydrogen) atoms. The van der Waals surface area contributed by atoms with Gasteiger partial charge in [-0.1, -0.05) is 28.9 Å². The zero-order valence-electron chi connectivity index (χ0n) is 12.9. The summed E-state index contributed by atoms with van der Waals surface area (Å²) in [5, 5.41) is 3.16. The van der Waals surface area contributed by atoms with Crippen LogP contribution < -0.4 is 15.8 Å². The summed E-state index contributed by atoms with van der Waals surface area (Å²) in [5.41, 5.74) is 7.01. The first-order chi connectivity index (χ1) is 9.56. The van der Waals surface area contributed by atoms with Gasteiger partial charge in [0, 0.05) is 17.1 Å². The predicted octanol–water partition coefficient (Wildman–Crippen LogP) is 3.71. The van der Waals surface area contributed by atoms with Gasteiger partial charge in [0.2, 0.25) is 0 Å². The Morgan fingerprint density at radius 2 is 2.19 bits per heavy atom. The molecule has 0 radical (unpaired) electrons. The van der Waals surface area contributed by atoms with Crippen LogP contribution in [0.4, 0.5) is 0 Å². The third kappa shape index (κ3) is 7.90. The van der Waals surface area contributed by atoms with Crippen molar-refractivity contribution < 1.29 is 4.74 Å². The van der Waals surface area contributed by atoms with E-state index in [1.807, 2.05) is 12.1 Å². The number of nitrogens with two attached hydrogens (primary N) is 1. The first-order valence-electron chi connectivity index (χ1n) is 6.95. The summed E-state index contributed by atoms with van der Waals surface area (Å²) in [6, 6.07) is 6.45. The molecule has 120 valence electrons. The van der Waals surface area contributed by atoms with Crippen molar-refractivity contribution in [2.75, 3.05) is 13.7 Å². The van der Waals surface area contributed by atoms with Gasteiger partial charge in [-0.2, -0.15) is 0 Å². The second-order valence-corrected chi connectivity index (χ2v) is 5.70. The quantitative estimate of drug-likeness (QED) is 0.277. The monoisotopic (exact) mass is 469 g/mol. The molecule has 0 amide bonds. The van der Waals surface area contributed by atoms with Crippen LogP contribution in [-0.4, -0.2) is 25.7 Å². The maximum Gasteiger partial charge on any atom is 0.188 e. The molecule has 0 aliphatic heterocycles. The Morgan fingerprint density at radius 1 is 1.48 bits per heavy atom. The minimum atomic E-state index is 0. The Morgan fingerprint density at radius 3 is 2.81 bits per heavy atom. The number of aryl methyl sites for hydroxylation is 1. The van der Waals surface area contributed by atoms with Crippen molar-refractivity contribution in [3.63, 3.8) is 0 Å². The molecule has 0 saturated heterocycles. The van der Waals surface area contributed by atoms with E-state index in [1.165, 1.54) is 5.56 Å². The molecule has 0 heterocycles. The maximum absolute atomic E-state index is 5.81. The fourth-order valence-corrected chi connectivity index (χ4v) is 2.13. The van der Waals surface area contributed by atoms with Crippen LogP contribution >= 0.6 is 39.9 Å². The van der Waals surface area contributed by atoms with E-state index < -0.39 is 0 Å². The number of ether oxygens (including phenoxy) is 1. The average molecular weight is 470 g/mol. The smallest absolute Gasteiger partial charge is 0.188 e. The summed E-state index contributed by atoms with van der Waals surface area (Å²) in [4.78, 5) is 4.33. The van der Waals surface area contributed by atoms with E-state index in [-0.39, 0.29) is 24.0 Å². The number of nitrogens with zero attached hydrogens (tertiary/aromatic N) is 1. The van der Waals surface area contributed by atoms with Crippen molar-refractivity contribution >= 4 is 45.9 Å². The minimum absolute atomic E-state index is 0. The summed E-state index contributed by atoms with van der Waals surface area (Å²) in [7, 11) is 1.69. The predicted molar refractivity (Wildman–Crippen MR) is 104 cm³/mol. The largest absolute Gasteiger partial charge is 0.496 e. The molecular formula is C15H25BrIN3O. The zero-order valence-corrected chi connectivity index (χ0v) is 16.8. The Bertz CT molecular complexity index is 455. The van der Waals surface area contributed by atoms with E-state index in [1.54, 1.807) is 7.11 Å². The summed E-state index contributed by atoms with van der Waals surface area (Å²) < 4.78 is 6.39. The third-order valence-electron chi connectivity index (χ3n) is 3.14. The molecule has 0 aromatic heterocycles. The molecule has 1 unspecified atom stereocenters. The van der Waals surface area contributed by atoms with Crippen molar-refractivity contribution in [3.05, 3.63) is 28.2 Å². The third-order valence-corrected chi connectivity index (χ3v) is 3.64. The van der Waals surface area contributed by atoms with E-state index in [4.69, 9.17) is 10.5 Å². The molecule has 3 N–H and O–H groups in total. The van der Waals surface area contributed by atoms with Gasteiger partial charge in [0.15, 0.2) is 5.96 Å². The first kappa shape index (κ1) is 20.5. The van der Waals surface area contributed by atoms with Crippen LogP contribution in [0.1, 0.15) is 32.3 Å². The molecule has 1 atom stereocenters. The lowest BCUT2D eigenvalue weighted by atomic mass is 10.1. The Labute approximate surface area is 153 Å². The molecule has 1 aromatic carbocycles. The lowest BCUT2D eigenvalue weighted by molar-refractivity contribution is 0.409. The van der Waals surface area contributed by atoms with Crippen molar-refractivity contribution in [2.45, 2.75) is 39.2 Å². The summed E-state index contributed by atoms with van der Waals surface area (Å²) >= 11 is 3.44. The van der Waals surface area contributed by atoms with Gasteiger partial charge in [-0.25, -0.2) is 0 Å².